The van der Waals surface area contributed by atoms with E-state index in [1.54, 1.807) is 24.9 Å². The zero-order chi connectivity index (χ0) is 17.0. The summed E-state index contributed by atoms with van der Waals surface area (Å²) in [6.45, 7) is 7.60. The van der Waals surface area contributed by atoms with Crippen LogP contribution >= 0.6 is 11.8 Å². The Labute approximate surface area is 140 Å². The minimum atomic E-state index is -0.252. The molecule has 0 amide bonds. The Balaban J connectivity index is 2.03. The molecule has 1 aromatic carbocycles. The smallest absolute Gasteiger partial charge is 0.191 e. The van der Waals surface area contributed by atoms with Crippen molar-refractivity contribution in [3.8, 4) is 0 Å². The highest BCUT2D eigenvalue weighted by molar-refractivity contribution is 7.99. The summed E-state index contributed by atoms with van der Waals surface area (Å²) in [5.74, 6) is 1.26. The molecule has 0 fully saturated rings. The van der Waals surface area contributed by atoms with Gasteiger partial charge in [0.1, 0.15) is 17.2 Å². The Bertz CT molecular complexity index is 709. The number of hydrogen-bond donors (Lipinski definition) is 2. The van der Waals surface area contributed by atoms with Gasteiger partial charge < -0.3 is 15.1 Å². The summed E-state index contributed by atoms with van der Waals surface area (Å²) in [4.78, 5) is 4.22. The van der Waals surface area contributed by atoms with E-state index in [2.05, 4.69) is 35.7 Å². The molecule has 0 unspecified atom stereocenters. The van der Waals surface area contributed by atoms with Crippen LogP contribution in [0, 0.1) is 12.7 Å². The van der Waals surface area contributed by atoms with Gasteiger partial charge in [0.15, 0.2) is 5.96 Å². The fourth-order valence-electron chi connectivity index (χ4n) is 2.17. The Hall–Kier alpha value is -1.69. The van der Waals surface area contributed by atoms with E-state index >= 15 is 0 Å². The van der Waals surface area contributed by atoms with Crippen molar-refractivity contribution < 1.29 is 8.81 Å². The van der Waals surface area contributed by atoms with E-state index < -0.39 is 0 Å². The molecule has 2 rings (SSSR count). The maximum absolute atomic E-state index is 13.4. The number of thioether (sulfide) groups is 1. The van der Waals surface area contributed by atoms with E-state index in [4.69, 9.17) is 4.42 Å². The number of guanidine groups is 1. The second kappa shape index (κ2) is 7.25. The van der Waals surface area contributed by atoms with E-state index in [1.807, 2.05) is 6.92 Å². The largest absolute Gasteiger partial charge is 0.459 e. The van der Waals surface area contributed by atoms with Crippen LogP contribution < -0.4 is 10.6 Å². The summed E-state index contributed by atoms with van der Waals surface area (Å²) in [6, 6.07) is 4.58. The maximum Gasteiger partial charge on any atom is 0.191 e. The average Bonchev–Trinajstić information content (AvgIpc) is 2.84. The number of furan rings is 1. The molecule has 1 heterocycles. The first kappa shape index (κ1) is 17.7. The topological polar surface area (TPSA) is 49.6 Å². The van der Waals surface area contributed by atoms with Crippen molar-refractivity contribution in [3.63, 3.8) is 0 Å². The van der Waals surface area contributed by atoms with Gasteiger partial charge in [0.25, 0.3) is 0 Å². The van der Waals surface area contributed by atoms with Gasteiger partial charge in [0, 0.05) is 29.3 Å². The quantitative estimate of drug-likeness (QED) is 0.645. The van der Waals surface area contributed by atoms with Crippen LogP contribution in [-0.4, -0.2) is 30.6 Å². The Morgan fingerprint density at radius 1 is 1.35 bits per heavy atom. The molecule has 23 heavy (non-hydrogen) atoms. The summed E-state index contributed by atoms with van der Waals surface area (Å²) in [7, 11) is 1.74. The van der Waals surface area contributed by atoms with E-state index in [0.29, 0.717) is 12.1 Å². The molecule has 4 nitrogen and oxygen atoms in total. The van der Waals surface area contributed by atoms with Crippen molar-refractivity contribution in [2.45, 2.75) is 32.1 Å². The van der Waals surface area contributed by atoms with E-state index in [9.17, 15) is 4.39 Å². The lowest BCUT2D eigenvalue weighted by Crippen LogP contribution is -2.43. The second-order valence-electron chi connectivity index (χ2n) is 6.03. The number of halogens is 1. The predicted octanol–water partition coefficient (Wildman–Crippen LogP) is 3.69. The van der Waals surface area contributed by atoms with Crippen LogP contribution in [-0.2, 0) is 6.54 Å². The molecular formula is C17H24FN3OS. The van der Waals surface area contributed by atoms with Crippen LogP contribution in [0.25, 0.3) is 11.0 Å². The molecule has 0 saturated carbocycles. The van der Waals surface area contributed by atoms with Gasteiger partial charge in [0.05, 0.1) is 6.54 Å². The minimum Gasteiger partial charge on any atom is -0.459 e. The van der Waals surface area contributed by atoms with Gasteiger partial charge in [-0.3, -0.25) is 4.99 Å². The molecule has 0 atom stereocenters. The van der Waals surface area contributed by atoms with Gasteiger partial charge in [-0.1, -0.05) is 0 Å². The Kier molecular flexibility index (Phi) is 5.57. The third kappa shape index (κ3) is 4.41. The van der Waals surface area contributed by atoms with Gasteiger partial charge in [-0.15, -0.1) is 0 Å². The zero-order valence-corrected chi connectivity index (χ0v) is 15.1. The molecule has 126 valence electrons. The number of hydrogen-bond acceptors (Lipinski definition) is 3. The molecule has 0 aliphatic carbocycles. The van der Waals surface area contributed by atoms with E-state index in [0.717, 1.165) is 29.2 Å². The number of benzene rings is 1. The molecular weight excluding hydrogens is 313 g/mol. The molecule has 0 saturated heterocycles. The van der Waals surface area contributed by atoms with Crippen molar-refractivity contribution in [2.75, 3.05) is 19.8 Å². The van der Waals surface area contributed by atoms with Crippen LogP contribution in [0.1, 0.15) is 25.2 Å². The number of rotatable bonds is 5. The molecule has 1 aromatic heterocycles. The van der Waals surface area contributed by atoms with Crippen LogP contribution in [0.4, 0.5) is 4.39 Å². The standard InChI is InChI=1S/C17H24FN3OS/c1-11-13-8-12(18)6-7-14(13)22-15(11)9-20-16(19-4)21-10-17(2,3)23-5/h6-8H,9-10H2,1-5H3,(H2,19,20,21). The Morgan fingerprint density at radius 3 is 2.74 bits per heavy atom. The van der Waals surface area contributed by atoms with Crippen molar-refractivity contribution in [1.82, 2.24) is 10.6 Å². The number of nitrogens with zero attached hydrogens (tertiary/aromatic N) is 1. The first-order valence-electron chi connectivity index (χ1n) is 7.53. The molecule has 2 N–H and O–H groups in total. The third-order valence-electron chi connectivity index (χ3n) is 3.87. The van der Waals surface area contributed by atoms with Crippen molar-refractivity contribution in [3.05, 3.63) is 35.3 Å². The summed E-state index contributed by atoms with van der Waals surface area (Å²) < 4.78 is 19.3. The van der Waals surface area contributed by atoms with Crippen LogP contribution in [0.2, 0.25) is 0 Å². The highest BCUT2D eigenvalue weighted by Crippen LogP contribution is 2.25. The van der Waals surface area contributed by atoms with Crippen LogP contribution in [0.5, 0.6) is 0 Å². The van der Waals surface area contributed by atoms with Gasteiger partial charge >= 0.3 is 0 Å². The van der Waals surface area contributed by atoms with Gasteiger partial charge in [-0.25, -0.2) is 4.39 Å². The molecule has 2 aromatic rings. The maximum atomic E-state index is 13.4. The fraction of sp³-hybridized carbons (Fsp3) is 0.471. The molecule has 0 aliphatic heterocycles. The number of nitrogens with one attached hydrogen (secondary N) is 2. The lowest BCUT2D eigenvalue weighted by molar-refractivity contribution is 0.533. The van der Waals surface area contributed by atoms with Gasteiger partial charge in [0.2, 0.25) is 0 Å². The summed E-state index contributed by atoms with van der Waals surface area (Å²) >= 11 is 1.80. The Morgan fingerprint density at radius 2 is 2.09 bits per heavy atom. The van der Waals surface area contributed by atoms with Crippen LogP contribution in [0.3, 0.4) is 0 Å². The van der Waals surface area contributed by atoms with Crippen molar-refractivity contribution in [1.29, 1.82) is 0 Å². The molecule has 0 aliphatic rings. The number of aryl methyl sites for hydroxylation is 1. The zero-order valence-electron chi connectivity index (χ0n) is 14.3. The monoisotopic (exact) mass is 337 g/mol. The van der Waals surface area contributed by atoms with Crippen molar-refractivity contribution >= 4 is 28.7 Å². The highest BCUT2D eigenvalue weighted by Gasteiger charge is 2.16. The SMILES string of the molecule is CN=C(NCc1oc2ccc(F)cc2c1C)NCC(C)(C)SC. The lowest BCUT2D eigenvalue weighted by Gasteiger charge is -2.23. The third-order valence-corrected chi connectivity index (χ3v) is 5.12. The molecule has 6 heteroatoms. The lowest BCUT2D eigenvalue weighted by atomic mass is 10.1. The van der Waals surface area contributed by atoms with E-state index in [-0.39, 0.29) is 10.6 Å². The molecule has 0 radical (unpaired) electrons. The normalized spacial score (nSPS) is 12.7. The molecule has 0 spiro atoms. The molecule has 0 bridgehead atoms. The summed E-state index contributed by atoms with van der Waals surface area (Å²) in [5, 5.41) is 7.36. The summed E-state index contributed by atoms with van der Waals surface area (Å²) in [6.07, 6.45) is 2.09. The highest BCUT2D eigenvalue weighted by atomic mass is 32.2. The van der Waals surface area contributed by atoms with Crippen molar-refractivity contribution in [2.24, 2.45) is 4.99 Å². The number of fused-ring (bicyclic) bond motifs is 1. The fourth-order valence-corrected chi connectivity index (χ4v) is 2.38. The van der Waals surface area contributed by atoms with Gasteiger partial charge in [-0.2, -0.15) is 11.8 Å². The minimum absolute atomic E-state index is 0.129. The average molecular weight is 337 g/mol. The second-order valence-corrected chi connectivity index (χ2v) is 7.55. The van der Waals surface area contributed by atoms with E-state index in [1.165, 1.54) is 12.1 Å². The van der Waals surface area contributed by atoms with Crippen LogP contribution in [0.15, 0.2) is 27.6 Å². The number of aliphatic imine (C=N–C) groups is 1. The first-order chi connectivity index (χ1) is 10.9. The first-order valence-corrected chi connectivity index (χ1v) is 8.76. The van der Waals surface area contributed by atoms with Gasteiger partial charge in [-0.05, 0) is 45.2 Å². The summed E-state index contributed by atoms with van der Waals surface area (Å²) in [5.41, 5.74) is 1.65. The predicted molar refractivity (Wildman–Crippen MR) is 96.7 cm³/mol.